The summed E-state index contributed by atoms with van der Waals surface area (Å²) in [6.07, 6.45) is 0.652. The van der Waals surface area contributed by atoms with E-state index in [-0.39, 0.29) is 6.61 Å². The first kappa shape index (κ1) is 15.1. The van der Waals surface area contributed by atoms with Gasteiger partial charge in [-0.25, -0.2) is 9.18 Å². The van der Waals surface area contributed by atoms with Crippen LogP contribution in [0.5, 0.6) is 0 Å². The summed E-state index contributed by atoms with van der Waals surface area (Å²) in [5, 5.41) is 10.6. The van der Waals surface area contributed by atoms with Crippen molar-refractivity contribution in [1.82, 2.24) is 5.32 Å². The van der Waals surface area contributed by atoms with Crippen molar-refractivity contribution in [2.75, 3.05) is 19.9 Å². The highest BCUT2D eigenvalue weighted by molar-refractivity contribution is 5.84. The number of carbonyl (C=O) groups excluding carboxylic acids is 1. The molecule has 0 fully saturated rings. The Balaban J connectivity index is 2.19. The predicted molar refractivity (Wildman–Crippen MR) is 66.5 cm³/mol. The van der Waals surface area contributed by atoms with E-state index >= 15 is 0 Å². The maximum absolute atomic E-state index is 12.2. The molecule has 6 heteroatoms. The summed E-state index contributed by atoms with van der Waals surface area (Å²) in [6, 6.07) is 8.08. The van der Waals surface area contributed by atoms with Crippen molar-refractivity contribution >= 4 is 11.9 Å². The Morgan fingerprint density at radius 3 is 2.58 bits per heavy atom. The van der Waals surface area contributed by atoms with Crippen LogP contribution < -0.4 is 5.32 Å². The molecule has 0 bridgehead atoms. The Morgan fingerprint density at radius 2 is 2.00 bits per heavy atom. The second-order valence-corrected chi connectivity index (χ2v) is 3.90. The van der Waals surface area contributed by atoms with E-state index in [0.717, 1.165) is 5.56 Å². The summed E-state index contributed by atoms with van der Waals surface area (Å²) < 4.78 is 17.3. The summed E-state index contributed by atoms with van der Waals surface area (Å²) in [6.45, 7) is -1.09. The van der Waals surface area contributed by atoms with Gasteiger partial charge >= 0.3 is 5.97 Å². The molecule has 0 aromatic heterocycles. The molecular weight excluding hydrogens is 253 g/mol. The molecule has 0 heterocycles. The molecule has 104 valence electrons. The Kier molecular flexibility index (Phi) is 6.52. The molecule has 19 heavy (non-hydrogen) atoms. The highest BCUT2D eigenvalue weighted by Gasteiger charge is 2.19. The van der Waals surface area contributed by atoms with Crippen LogP contribution in [0.4, 0.5) is 4.39 Å². The average Bonchev–Trinajstić information content (AvgIpc) is 2.42. The Labute approximate surface area is 110 Å². The van der Waals surface area contributed by atoms with E-state index in [1.54, 1.807) is 0 Å². The molecule has 1 amide bonds. The number of aliphatic carboxylic acids is 1. The molecule has 1 unspecified atom stereocenters. The molecule has 2 N–H and O–H groups in total. The van der Waals surface area contributed by atoms with Crippen molar-refractivity contribution in [2.45, 2.75) is 12.5 Å². The van der Waals surface area contributed by atoms with E-state index in [9.17, 15) is 14.0 Å². The van der Waals surface area contributed by atoms with Gasteiger partial charge in [0, 0.05) is 0 Å². The summed E-state index contributed by atoms with van der Waals surface area (Å²) >= 11 is 0. The van der Waals surface area contributed by atoms with Crippen LogP contribution in [0.15, 0.2) is 30.3 Å². The summed E-state index contributed by atoms with van der Waals surface area (Å²) in [5.41, 5.74) is 1.08. The van der Waals surface area contributed by atoms with E-state index in [1.165, 1.54) is 0 Å². The lowest BCUT2D eigenvalue weighted by Gasteiger charge is -2.10. The van der Waals surface area contributed by atoms with Gasteiger partial charge in [0.15, 0.2) is 6.04 Å². The largest absolute Gasteiger partial charge is 0.480 e. The predicted octanol–water partition coefficient (Wildman–Crippen LogP) is 0.785. The minimum atomic E-state index is -1.51. The van der Waals surface area contributed by atoms with E-state index in [0.29, 0.717) is 13.0 Å². The van der Waals surface area contributed by atoms with Crippen molar-refractivity contribution in [3.8, 4) is 0 Å². The summed E-state index contributed by atoms with van der Waals surface area (Å²) in [5.74, 6) is -2.04. The van der Waals surface area contributed by atoms with Crippen LogP contribution in [0, 0.1) is 0 Å². The van der Waals surface area contributed by atoms with Gasteiger partial charge in [-0.1, -0.05) is 30.3 Å². The van der Waals surface area contributed by atoms with E-state index in [1.807, 2.05) is 35.6 Å². The summed E-state index contributed by atoms with van der Waals surface area (Å²) in [4.78, 5) is 21.7. The van der Waals surface area contributed by atoms with Gasteiger partial charge in [-0.15, -0.1) is 0 Å². The molecule has 1 atom stereocenters. The number of carbonyl (C=O) groups is 2. The molecule has 0 aliphatic heterocycles. The van der Waals surface area contributed by atoms with Crippen molar-refractivity contribution in [3.05, 3.63) is 35.9 Å². The third-order valence-corrected chi connectivity index (χ3v) is 2.40. The third-order valence-electron chi connectivity index (χ3n) is 2.40. The number of rotatable bonds is 8. The minimum Gasteiger partial charge on any atom is -0.480 e. The average molecular weight is 269 g/mol. The lowest BCUT2D eigenvalue weighted by molar-refractivity contribution is -0.143. The summed E-state index contributed by atoms with van der Waals surface area (Å²) in [7, 11) is 0. The number of hydrogen-bond donors (Lipinski definition) is 2. The fourth-order valence-electron chi connectivity index (χ4n) is 1.40. The van der Waals surface area contributed by atoms with Gasteiger partial charge in [0.05, 0.1) is 6.61 Å². The molecule has 0 spiro atoms. The topological polar surface area (TPSA) is 75.6 Å². The first-order valence-electron chi connectivity index (χ1n) is 5.83. The fourth-order valence-corrected chi connectivity index (χ4v) is 1.40. The van der Waals surface area contributed by atoms with Crippen LogP contribution >= 0.6 is 0 Å². The number of nitrogens with one attached hydrogen (secondary N) is 1. The number of ether oxygens (including phenoxy) is 1. The standard InChI is InChI=1S/C13H16FNO4/c14-8-11(13(17)18)15-12(16)9-19-7-6-10-4-2-1-3-5-10/h1-5,11H,6-9H2,(H,15,16)(H,17,18). The van der Waals surface area contributed by atoms with Gasteiger partial charge in [-0.05, 0) is 12.0 Å². The SMILES string of the molecule is O=C(COCCc1ccccc1)NC(CF)C(=O)O. The maximum atomic E-state index is 12.2. The first-order chi connectivity index (χ1) is 9.13. The van der Waals surface area contributed by atoms with E-state index in [4.69, 9.17) is 9.84 Å². The van der Waals surface area contributed by atoms with Crippen LogP contribution in [0.1, 0.15) is 5.56 Å². The van der Waals surface area contributed by atoms with Gasteiger partial charge in [0.25, 0.3) is 0 Å². The minimum absolute atomic E-state index is 0.281. The second-order valence-electron chi connectivity index (χ2n) is 3.90. The van der Waals surface area contributed by atoms with Gasteiger partial charge in [0.2, 0.25) is 5.91 Å². The van der Waals surface area contributed by atoms with Gasteiger partial charge in [0.1, 0.15) is 13.3 Å². The Morgan fingerprint density at radius 1 is 1.32 bits per heavy atom. The fraction of sp³-hybridized carbons (Fsp3) is 0.385. The monoisotopic (exact) mass is 269 g/mol. The van der Waals surface area contributed by atoms with Crippen molar-refractivity contribution in [1.29, 1.82) is 0 Å². The van der Waals surface area contributed by atoms with Crippen LogP contribution in [0.3, 0.4) is 0 Å². The highest BCUT2D eigenvalue weighted by atomic mass is 19.1. The molecule has 0 radical (unpaired) electrons. The zero-order chi connectivity index (χ0) is 14.1. The van der Waals surface area contributed by atoms with E-state index in [2.05, 4.69) is 0 Å². The number of amides is 1. The van der Waals surface area contributed by atoms with Crippen LogP contribution in [0.2, 0.25) is 0 Å². The first-order valence-corrected chi connectivity index (χ1v) is 5.83. The number of hydrogen-bond acceptors (Lipinski definition) is 3. The normalized spacial score (nSPS) is 11.8. The Hall–Kier alpha value is -1.95. The number of carboxylic acids is 1. The van der Waals surface area contributed by atoms with Crippen molar-refractivity contribution in [2.24, 2.45) is 0 Å². The van der Waals surface area contributed by atoms with Crippen LogP contribution in [-0.2, 0) is 20.7 Å². The van der Waals surface area contributed by atoms with E-state index < -0.39 is 24.6 Å². The molecule has 1 aromatic carbocycles. The van der Waals surface area contributed by atoms with Crippen molar-refractivity contribution < 1.29 is 23.8 Å². The maximum Gasteiger partial charge on any atom is 0.328 e. The zero-order valence-corrected chi connectivity index (χ0v) is 10.3. The molecule has 5 nitrogen and oxygen atoms in total. The lowest BCUT2D eigenvalue weighted by Crippen LogP contribution is -2.43. The van der Waals surface area contributed by atoms with Gasteiger partial charge in [-0.2, -0.15) is 0 Å². The quantitative estimate of drug-likeness (QED) is 0.684. The van der Waals surface area contributed by atoms with Gasteiger partial charge in [-0.3, -0.25) is 4.79 Å². The number of halogens is 1. The smallest absolute Gasteiger partial charge is 0.328 e. The van der Waals surface area contributed by atoms with Crippen molar-refractivity contribution in [3.63, 3.8) is 0 Å². The number of carboxylic acid groups (broad SMARTS) is 1. The Bertz CT molecular complexity index is 410. The highest BCUT2D eigenvalue weighted by Crippen LogP contribution is 1.99. The molecule has 0 saturated carbocycles. The molecular formula is C13H16FNO4. The molecule has 0 aliphatic carbocycles. The molecule has 0 saturated heterocycles. The van der Waals surface area contributed by atoms with Gasteiger partial charge < -0.3 is 15.2 Å². The molecule has 1 aromatic rings. The molecule has 1 rings (SSSR count). The number of alkyl halides is 1. The van der Waals surface area contributed by atoms with Crippen LogP contribution in [-0.4, -0.2) is 42.9 Å². The second kappa shape index (κ2) is 8.20. The number of benzene rings is 1. The lowest BCUT2D eigenvalue weighted by atomic mass is 10.2. The molecule has 0 aliphatic rings. The van der Waals surface area contributed by atoms with Crippen LogP contribution in [0.25, 0.3) is 0 Å². The third kappa shape index (κ3) is 5.96. The zero-order valence-electron chi connectivity index (χ0n) is 10.3.